The molecule has 0 saturated heterocycles. The number of carbonyl (C=O) groups excluding carboxylic acids is 2. The first-order valence-electron chi connectivity index (χ1n) is 10.0. The molecule has 1 unspecified atom stereocenters. The Balaban J connectivity index is 1.42. The molecule has 1 aromatic rings. The lowest BCUT2D eigenvalue weighted by Gasteiger charge is -2.59. The zero-order valence-electron chi connectivity index (χ0n) is 16.1. The van der Waals surface area contributed by atoms with Crippen LogP contribution < -0.4 is 10.6 Å². The van der Waals surface area contributed by atoms with Gasteiger partial charge in [0.2, 0.25) is 0 Å². The maximum absolute atomic E-state index is 12.6. The molecule has 4 aliphatic carbocycles. The van der Waals surface area contributed by atoms with Crippen molar-refractivity contribution < 1.29 is 9.59 Å². The van der Waals surface area contributed by atoms with Gasteiger partial charge in [-0.2, -0.15) is 0 Å². The van der Waals surface area contributed by atoms with Crippen molar-refractivity contribution in [3.05, 3.63) is 29.3 Å². The zero-order chi connectivity index (χ0) is 18.5. The zero-order valence-corrected chi connectivity index (χ0v) is 16.1. The number of hydrogen-bond donors (Lipinski definition) is 2. The normalized spacial score (nSPS) is 33.0. The molecule has 5 rings (SSSR count). The summed E-state index contributed by atoms with van der Waals surface area (Å²) >= 11 is 0. The minimum atomic E-state index is -0.557. The van der Waals surface area contributed by atoms with E-state index in [1.54, 1.807) is 0 Å². The molecule has 4 fully saturated rings. The number of nitrogens with one attached hydrogen (secondary N) is 2. The second kappa shape index (κ2) is 6.40. The molecule has 0 aromatic heterocycles. The van der Waals surface area contributed by atoms with Gasteiger partial charge in [-0.1, -0.05) is 18.2 Å². The summed E-state index contributed by atoms with van der Waals surface area (Å²) in [7, 11) is 0. The third-order valence-corrected chi connectivity index (χ3v) is 7.28. The quantitative estimate of drug-likeness (QED) is 0.807. The molecular formula is C22H30N2O2. The predicted octanol–water partition coefficient (Wildman–Crippen LogP) is 3.96. The molecule has 2 amide bonds. The van der Waals surface area contributed by atoms with Crippen molar-refractivity contribution in [3.63, 3.8) is 0 Å². The van der Waals surface area contributed by atoms with E-state index in [9.17, 15) is 9.59 Å². The Bertz CT molecular complexity index is 684. The summed E-state index contributed by atoms with van der Waals surface area (Å²) in [6.07, 6.45) is 7.81. The summed E-state index contributed by atoms with van der Waals surface area (Å²) < 4.78 is 0. The van der Waals surface area contributed by atoms with Gasteiger partial charge in [0, 0.05) is 11.7 Å². The van der Waals surface area contributed by atoms with E-state index >= 15 is 0 Å². The summed E-state index contributed by atoms with van der Waals surface area (Å²) in [5.41, 5.74) is 2.90. The highest BCUT2D eigenvalue weighted by atomic mass is 16.2. The fraction of sp³-hybridized carbons (Fsp3) is 0.636. The molecule has 0 spiro atoms. The van der Waals surface area contributed by atoms with Crippen molar-refractivity contribution in [2.45, 2.75) is 65.3 Å². The topological polar surface area (TPSA) is 58.2 Å². The van der Waals surface area contributed by atoms with E-state index in [1.807, 2.05) is 32.0 Å². The first-order valence-corrected chi connectivity index (χ1v) is 10.0. The van der Waals surface area contributed by atoms with Crippen molar-refractivity contribution in [2.75, 3.05) is 5.32 Å². The number of benzene rings is 1. The Labute approximate surface area is 156 Å². The molecule has 1 atom stereocenters. The van der Waals surface area contributed by atoms with Crippen LogP contribution in [-0.2, 0) is 9.59 Å². The number of anilines is 1. The molecule has 4 nitrogen and oxygen atoms in total. The van der Waals surface area contributed by atoms with Crippen LogP contribution in [0.15, 0.2) is 18.2 Å². The van der Waals surface area contributed by atoms with Crippen molar-refractivity contribution in [1.29, 1.82) is 0 Å². The molecule has 0 radical (unpaired) electrons. The van der Waals surface area contributed by atoms with Gasteiger partial charge in [0.1, 0.15) is 0 Å². The number of hydrogen-bond acceptors (Lipinski definition) is 2. The minimum Gasteiger partial charge on any atom is -0.345 e. The Morgan fingerprint density at radius 1 is 0.962 bits per heavy atom. The predicted molar refractivity (Wildman–Crippen MR) is 103 cm³/mol. The van der Waals surface area contributed by atoms with Crippen LogP contribution in [0.2, 0.25) is 0 Å². The molecule has 4 bridgehead atoms. The van der Waals surface area contributed by atoms with Crippen LogP contribution >= 0.6 is 0 Å². The van der Waals surface area contributed by atoms with Gasteiger partial charge in [0.15, 0.2) is 0 Å². The van der Waals surface area contributed by atoms with E-state index in [0.717, 1.165) is 34.6 Å². The van der Waals surface area contributed by atoms with E-state index in [4.69, 9.17) is 0 Å². The third-order valence-electron chi connectivity index (χ3n) is 7.28. The SMILES string of the molecule is Cc1cccc(C)c1NC(=O)C(=O)NC(C)C12CC3CC(CC(C3)C1)C2. The molecule has 4 saturated carbocycles. The Hall–Kier alpha value is -1.84. The Morgan fingerprint density at radius 2 is 1.46 bits per heavy atom. The van der Waals surface area contributed by atoms with Crippen LogP contribution in [0.4, 0.5) is 5.69 Å². The summed E-state index contributed by atoms with van der Waals surface area (Å²) in [6.45, 7) is 5.99. The lowest BCUT2D eigenvalue weighted by Crippen LogP contribution is -2.57. The van der Waals surface area contributed by atoms with Crippen LogP contribution in [-0.4, -0.2) is 17.9 Å². The highest BCUT2D eigenvalue weighted by molar-refractivity contribution is 6.39. The second-order valence-electron chi connectivity index (χ2n) is 9.20. The Morgan fingerprint density at radius 3 is 1.96 bits per heavy atom. The van der Waals surface area contributed by atoms with Crippen LogP contribution in [0.3, 0.4) is 0 Å². The van der Waals surface area contributed by atoms with Crippen LogP contribution in [0.5, 0.6) is 0 Å². The fourth-order valence-corrected chi connectivity index (χ4v) is 6.31. The average Bonchev–Trinajstić information content (AvgIpc) is 2.56. The lowest BCUT2D eigenvalue weighted by atomic mass is 9.48. The highest BCUT2D eigenvalue weighted by Gasteiger charge is 2.53. The second-order valence-corrected chi connectivity index (χ2v) is 9.20. The molecule has 140 valence electrons. The van der Waals surface area contributed by atoms with Gasteiger partial charge in [-0.3, -0.25) is 9.59 Å². The molecule has 4 aliphatic rings. The number of amides is 2. The smallest absolute Gasteiger partial charge is 0.313 e. The maximum Gasteiger partial charge on any atom is 0.313 e. The molecular weight excluding hydrogens is 324 g/mol. The summed E-state index contributed by atoms with van der Waals surface area (Å²) in [5.74, 6) is 1.45. The summed E-state index contributed by atoms with van der Waals surface area (Å²) in [5, 5.41) is 5.85. The van der Waals surface area contributed by atoms with Crippen LogP contribution in [0.25, 0.3) is 0 Å². The number of rotatable bonds is 3. The monoisotopic (exact) mass is 354 g/mol. The molecule has 26 heavy (non-hydrogen) atoms. The van der Waals surface area contributed by atoms with Crippen molar-refractivity contribution >= 4 is 17.5 Å². The first kappa shape index (κ1) is 17.6. The fourth-order valence-electron chi connectivity index (χ4n) is 6.31. The van der Waals surface area contributed by atoms with Gasteiger partial charge < -0.3 is 10.6 Å². The number of aryl methyl sites for hydroxylation is 2. The largest absolute Gasteiger partial charge is 0.345 e. The van der Waals surface area contributed by atoms with E-state index in [2.05, 4.69) is 17.6 Å². The first-order chi connectivity index (χ1) is 12.4. The average molecular weight is 354 g/mol. The van der Waals surface area contributed by atoms with Gasteiger partial charge in [0.05, 0.1) is 0 Å². The van der Waals surface area contributed by atoms with E-state index in [0.29, 0.717) is 0 Å². The molecule has 2 N–H and O–H groups in total. The van der Waals surface area contributed by atoms with Crippen molar-refractivity contribution in [1.82, 2.24) is 5.32 Å². The van der Waals surface area contributed by atoms with Gasteiger partial charge >= 0.3 is 11.8 Å². The van der Waals surface area contributed by atoms with E-state index in [1.165, 1.54) is 38.5 Å². The van der Waals surface area contributed by atoms with Gasteiger partial charge in [-0.05, 0) is 93.6 Å². The lowest BCUT2D eigenvalue weighted by molar-refractivity contribution is -0.138. The van der Waals surface area contributed by atoms with Crippen LogP contribution in [0, 0.1) is 37.0 Å². The van der Waals surface area contributed by atoms with Crippen molar-refractivity contribution in [3.8, 4) is 0 Å². The summed E-state index contributed by atoms with van der Waals surface area (Å²) in [6, 6.07) is 5.90. The Kier molecular flexibility index (Phi) is 4.32. The highest BCUT2D eigenvalue weighted by Crippen LogP contribution is 2.61. The maximum atomic E-state index is 12.6. The molecule has 0 aliphatic heterocycles. The van der Waals surface area contributed by atoms with E-state index < -0.39 is 11.8 Å². The van der Waals surface area contributed by atoms with Crippen LogP contribution in [0.1, 0.15) is 56.6 Å². The minimum absolute atomic E-state index is 0.0621. The summed E-state index contributed by atoms with van der Waals surface area (Å²) in [4.78, 5) is 25.0. The van der Waals surface area contributed by atoms with Gasteiger partial charge in [-0.15, -0.1) is 0 Å². The van der Waals surface area contributed by atoms with E-state index in [-0.39, 0.29) is 11.5 Å². The third kappa shape index (κ3) is 3.04. The van der Waals surface area contributed by atoms with Gasteiger partial charge in [0.25, 0.3) is 0 Å². The van der Waals surface area contributed by atoms with Crippen molar-refractivity contribution in [2.24, 2.45) is 23.2 Å². The number of para-hydroxylation sites is 1. The van der Waals surface area contributed by atoms with Gasteiger partial charge in [-0.25, -0.2) is 0 Å². The molecule has 0 heterocycles. The number of carbonyl (C=O) groups is 2. The molecule has 4 heteroatoms. The molecule has 1 aromatic carbocycles. The standard InChI is InChI=1S/C22H30N2O2/c1-13-5-4-6-14(2)19(13)24-21(26)20(25)23-15(3)22-10-16-7-17(11-22)9-18(8-16)12-22/h4-6,15-18H,7-12H2,1-3H3,(H,23,25)(H,24,26).